The molecule has 0 aromatic rings. The zero-order chi connectivity index (χ0) is 7.40. The van der Waals surface area contributed by atoms with Crippen LogP contribution in [0.1, 0.15) is 0 Å². The van der Waals surface area contributed by atoms with Gasteiger partial charge in [0.25, 0.3) is 0 Å². The van der Waals surface area contributed by atoms with E-state index in [4.69, 9.17) is 19.7 Å². The summed E-state index contributed by atoms with van der Waals surface area (Å²) in [6, 6.07) is 0. The first-order valence-corrected chi connectivity index (χ1v) is 3.31. The maximum absolute atomic E-state index is 8.97. The van der Waals surface area contributed by atoms with Crippen molar-refractivity contribution in [3.63, 3.8) is 0 Å². The van der Waals surface area contributed by atoms with E-state index in [0.29, 0.717) is 13.2 Å². The van der Waals surface area contributed by atoms with Gasteiger partial charge in [0.05, 0.1) is 26.4 Å². The Morgan fingerprint density at radius 3 is 2.80 bits per heavy atom. The van der Waals surface area contributed by atoms with Crippen molar-refractivity contribution in [2.45, 2.75) is 12.2 Å². The summed E-state index contributed by atoms with van der Waals surface area (Å²) in [4.78, 5) is 0. The average Bonchev–Trinajstić information content (AvgIpc) is 2.14. The lowest BCUT2D eigenvalue weighted by molar-refractivity contribution is -0.0169. The molecule has 0 aromatic heterocycles. The third-order valence-corrected chi connectivity index (χ3v) is 1.34. The first-order chi connectivity index (χ1) is 4.83. The normalized spacial score (nSPS) is 35.4. The van der Waals surface area contributed by atoms with E-state index < -0.39 is 6.10 Å². The number of aliphatic hydroxyl groups excluding tert-OH is 2. The highest BCUT2D eigenvalue weighted by Crippen LogP contribution is 2.00. The molecule has 2 N–H and O–H groups in total. The van der Waals surface area contributed by atoms with Gasteiger partial charge in [-0.2, -0.15) is 0 Å². The first-order valence-electron chi connectivity index (χ1n) is 3.31. The molecular formula is C6H12O4. The van der Waals surface area contributed by atoms with Gasteiger partial charge in [-0.1, -0.05) is 0 Å². The smallest absolute Gasteiger partial charge is 0.104 e. The molecule has 0 aliphatic carbocycles. The van der Waals surface area contributed by atoms with Gasteiger partial charge in [-0.05, 0) is 0 Å². The molecule has 0 amide bonds. The Hall–Kier alpha value is -0.160. The molecule has 1 heterocycles. The van der Waals surface area contributed by atoms with Crippen LogP contribution in [0.15, 0.2) is 0 Å². The highest BCUT2D eigenvalue weighted by Gasteiger charge is 2.16. The van der Waals surface area contributed by atoms with Gasteiger partial charge in [-0.3, -0.25) is 0 Å². The van der Waals surface area contributed by atoms with Crippen molar-refractivity contribution in [1.82, 2.24) is 0 Å². The van der Waals surface area contributed by atoms with Crippen molar-refractivity contribution < 1.29 is 19.7 Å². The predicted octanol–water partition coefficient (Wildman–Crippen LogP) is -1.24. The molecule has 0 saturated carbocycles. The van der Waals surface area contributed by atoms with Crippen LogP contribution in [0.5, 0.6) is 0 Å². The van der Waals surface area contributed by atoms with Gasteiger partial charge in [0.2, 0.25) is 0 Å². The van der Waals surface area contributed by atoms with Crippen molar-refractivity contribution in [1.29, 1.82) is 0 Å². The Bertz CT molecular complexity index is 95.7. The van der Waals surface area contributed by atoms with Gasteiger partial charge in [0, 0.05) is 0 Å². The largest absolute Gasteiger partial charge is 0.394 e. The minimum absolute atomic E-state index is 0.0489. The standard InChI is InChI=1S/C6H12O4/c7-1-6-4-9-2-5(8)3-10-6/h5-8H,1-4H2/t5-,6+/m1/s1. The molecule has 60 valence electrons. The van der Waals surface area contributed by atoms with E-state index in [-0.39, 0.29) is 19.3 Å². The topological polar surface area (TPSA) is 58.9 Å². The summed E-state index contributed by atoms with van der Waals surface area (Å²) >= 11 is 0. The molecular weight excluding hydrogens is 136 g/mol. The van der Waals surface area contributed by atoms with E-state index in [1.54, 1.807) is 0 Å². The second kappa shape index (κ2) is 3.88. The zero-order valence-corrected chi connectivity index (χ0v) is 5.69. The molecule has 1 aliphatic heterocycles. The van der Waals surface area contributed by atoms with Crippen molar-refractivity contribution in [3.8, 4) is 0 Å². The lowest BCUT2D eigenvalue weighted by Crippen LogP contribution is -2.22. The molecule has 4 heteroatoms. The molecule has 0 aromatic carbocycles. The molecule has 1 aliphatic rings. The van der Waals surface area contributed by atoms with Gasteiger partial charge in [0.1, 0.15) is 12.2 Å². The highest BCUT2D eigenvalue weighted by atomic mass is 16.6. The minimum Gasteiger partial charge on any atom is -0.394 e. The maximum Gasteiger partial charge on any atom is 0.104 e. The van der Waals surface area contributed by atoms with Crippen LogP contribution in [0.3, 0.4) is 0 Å². The number of rotatable bonds is 1. The molecule has 0 unspecified atom stereocenters. The molecule has 2 atom stereocenters. The fraction of sp³-hybridized carbons (Fsp3) is 1.00. The SMILES string of the molecule is OC[C@H]1COC[C@@H](O)CO1. The van der Waals surface area contributed by atoms with Crippen molar-refractivity contribution in [3.05, 3.63) is 0 Å². The van der Waals surface area contributed by atoms with Crippen LogP contribution in [0.25, 0.3) is 0 Å². The molecule has 0 spiro atoms. The van der Waals surface area contributed by atoms with E-state index in [1.165, 1.54) is 0 Å². The second-order valence-electron chi connectivity index (χ2n) is 2.33. The van der Waals surface area contributed by atoms with Crippen LogP contribution in [-0.2, 0) is 9.47 Å². The average molecular weight is 148 g/mol. The summed E-state index contributed by atoms with van der Waals surface area (Å²) in [5.41, 5.74) is 0. The maximum atomic E-state index is 8.97. The summed E-state index contributed by atoms with van der Waals surface area (Å²) in [6.45, 7) is 0.877. The molecule has 10 heavy (non-hydrogen) atoms. The Morgan fingerprint density at radius 1 is 1.30 bits per heavy atom. The number of ether oxygens (including phenoxy) is 2. The van der Waals surface area contributed by atoms with Crippen molar-refractivity contribution in [2.24, 2.45) is 0 Å². The van der Waals surface area contributed by atoms with E-state index >= 15 is 0 Å². The van der Waals surface area contributed by atoms with E-state index in [0.717, 1.165) is 0 Å². The summed E-state index contributed by atoms with van der Waals surface area (Å²) < 4.78 is 10.0. The Morgan fingerprint density at radius 2 is 2.10 bits per heavy atom. The summed E-state index contributed by atoms with van der Waals surface area (Å²) in [7, 11) is 0. The minimum atomic E-state index is -0.545. The van der Waals surface area contributed by atoms with E-state index in [9.17, 15) is 0 Å². The number of hydrogen-bond acceptors (Lipinski definition) is 4. The van der Waals surface area contributed by atoms with Gasteiger partial charge in [0.15, 0.2) is 0 Å². The second-order valence-corrected chi connectivity index (χ2v) is 2.33. The van der Waals surface area contributed by atoms with Crippen LogP contribution in [0.4, 0.5) is 0 Å². The Kier molecular flexibility index (Phi) is 3.08. The van der Waals surface area contributed by atoms with Crippen molar-refractivity contribution in [2.75, 3.05) is 26.4 Å². The van der Waals surface area contributed by atoms with Crippen LogP contribution < -0.4 is 0 Å². The molecule has 1 fully saturated rings. The fourth-order valence-electron chi connectivity index (χ4n) is 0.784. The van der Waals surface area contributed by atoms with Gasteiger partial charge in [-0.15, -0.1) is 0 Å². The third-order valence-electron chi connectivity index (χ3n) is 1.34. The lowest BCUT2D eigenvalue weighted by Gasteiger charge is -2.09. The third kappa shape index (κ3) is 2.22. The molecule has 0 radical (unpaired) electrons. The first kappa shape index (κ1) is 7.94. The van der Waals surface area contributed by atoms with Gasteiger partial charge in [-0.25, -0.2) is 0 Å². The van der Waals surface area contributed by atoms with Crippen LogP contribution in [0, 0.1) is 0 Å². The van der Waals surface area contributed by atoms with Crippen LogP contribution in [0.2, 0.25) is 0 Å². The quantitative estimate of drug-likeness (QED) is 0.488. The summed E-state index contributed by atoms with van der Waals surface area (Å²) in [5.74, 6) is 0. The number of aliphatic hydroxyl groups is 2. The molecule has 4 nitrogen and oxygen atoms in total. The fourth-order valence-corrected chi connectivity index (χ4v) is 0.784. The predicted molar refractivity (Wildman–Crippen MR) is 33.7 cm³/mol. The van der Waals surface area contributed by atoms with Crippen molar-refractivity contribution >= 4 is 0 Å². The van der Waals surface area contributed by atoms with E-state index in [2.05, 4.69) is 0 Å². The van der Waals surface area contributed by atoms with Gasteiger partial charge < -0.3 is 19.7 Å². The summed E-state index contributed by atoms with van der Waals surface area (Å²) in [6.07, 6.45) is -0.811. The Balaban J connectivity index is 2.26. The number of hydrogen-bond donors (Lipinski definition) is 2. The molecule has 1 rings (SSSR count). The zero-order valence-electron chi connectivity index (χ0n) is 5.69. The van der Waals surface area contributed by atoms with Crippen LogP contribution in [-0.4, -0.2) is 48.8 Å². The Labute approximate surface area is 59.4 Å². The lowest BCUT2D eigenvalue weighted by atomic mass is 10.4. The highest BCUT2D eigenvalue weighted by molar-refractivity contribution is 4.62. The monoisotopic (exact) mass is 148 g/mol. The molecule has 0 bridgehead atoms. The molecule has 1 saturated heterocycles. The summed E-state index contributed by atoms with van der Waals surface area (Å²) in [5, 5.41) is 17.6. The van der Waals surface area contributed by atoms with Gasteiger partial charge >= 0.3 is 0 Å². The van der Waals surface area contributed by atoms with Crippen LogP contribution >= 0.6 is 0 Å². The van der Waals surface area contributed by atoms with E-state index in [1.807, 2.05) is 0 Å².